The van der Waals surface area contributed by atoms with E-state index in [-0.39, 0.29) is 30.6 Å². The predicted molar refractivity (Wildman–Crippen MR) is 82.6 cm³/mol. The van der Waals surface area contributed by atoms with Crippen molar-refractivity contribution in [1.29, 1.82) is 0 Å². The Hall–Kier alpha value is -1.85. The van der Waals surface area contributed by atoms with Gasteiger partial charge in [0, 0.05) is 17.5 Å². The zero-order chi connectivity index (χ0) is 17.1. The molecular formula is C16H26N2O4. The standard InChI is InChI=1S/C16H26N2O4/c1-9(2)16(6,8-14(20)21)17-13(19)7-10(3)15-11(4)18-22-12(15)5/h9-10H,7-8H2,1-6H3,(H,17,19)(H,20,21). The summed E-state index contributed by atoms with van der Waals surface area (Å²) in [5.74, 6) is -0.385. The van der Waals surface area contributed by atoms with Crippen molar-refractivity contribution in [1.82, 2.24) is 10.5 Å². The molecule has 1 rings (SSSR count). The molecule has 0 fully saturated rings. The van der Waals surface area contributed by atoms with E-state index in [0.717, 1.165) is 17.0 Å². The van der Waals surface area contributed by atoms with E-state index in [1.54, 1.807) is 6.92 Å². The summed E-state index contributed by atoms with van der Waals surface area (Å²) in [6, 6.07) is 0. The normalized spacial score (nSPS) is 15.4. The third-order valence-electron chi connectivity index (χ3n) is 4.29. The summed E-state index contributed by atoms with van der Waals surface area (Å²) in [5, 5.41) is 15.8. The van der Waals surface area contributed by atoms with Gasteiger partial charge in [0.25, 0.3) is 0 Å². The van der Waals surface area contributed by atoms with E-state index in [2.05, 4.69) is 10.5 Å². The Morgan fingerprint density at radius 3 is 2.32 bits per heavy atom. The highest BCUT2D eigenvalue weighted by atomic mass is 16.5. The average Bonchev–Trinajstić information content (AvgIpc) is 2.67. The maximum atomic E-state index is 12.3. The van der Waals surface area contributed by atoms with Crippen LogP contribution in [0.25, 0.3) is 0 Å². The van der Waals surface area contributed by atoms with Crippen LogP contribution in [0.1, 0.15) is 63.5 Å². The highest BCUT2D eigenvalue weighted by molar-refractivity contribution is 5.79. The summed E-state index contributed by atoms with van der Waals surface area (Å²) in [4.78, 5) is 23.3. The van der Waals surface area contributed by atoms with E-state index in [9.17, 15) is 9.59 Å². The van der Waals surface area contributed by atoms with Crippen LogP contribution in [0.15, 0.2) is 4.52 Å². The monoisotopic (exact) mass is 310 g/mol. The van der Waals surface area contributed by atoms with E-state index in [1.165, 1.54) is 0 Å². The summed E-state index contributed by atoms with van der Waals surface area (Å²) in [6.45, 7) is 11.2. The number of carboxylic acid groups (broad SMARTS) is 1. The summed E-state index contributed by atoms with van der Waals surface area (Å²) in [5.41, 5.74) is 0.969. The summed E-state index contributed by atoms with van der Waals surface area (Å²) in [6.07, 6.45) is 0.168. The number of carbonyl (C=O) groups excluding carboxylic acids is 1. The lowest BCUT2D eigenvalue weighted by molar-refractivity contribution is -0.139. The van der Waals surface area contributed by atoms with Crippen molar-refractivity contribution in [2.75, 3.05) is 0 Å². The highest BCUT2D eigenvalue weighted by Crippen LogP contribution is 2.27. The van der Waals surface area contributed by atoms with Gasteiger partial charge >= 0.3 is 5.97 Å². The molecule has 0 aromatic carbocycles. The molecule has 124 valence electrons. The summed E-state index contributed by atoms with van der Waals surface area (Å²) < 4.78 is 5.13. The molecule has 22 heavy (non-hydrogen) atoms. The Morgan fingerprint density at radius 1 is 1.32 bits per heavy atom. The van der Waals surface area contributed by atoms with Crippen molar-refractivity contribution in [3.8, 4) is 0 Å². The molecule has 0 aliphatic rings. The second kappa shape index (κ2) is 6.94. The van der Waals surface area contributed by atoms with Gasteiger partial charge in [-0.05, 0) is 32.6 Å². The van der Waals surface area contributed by atoms with Crippen molar-refractivity contribution in [3.63, 3.8) is 0 Å². The number of aromatic nitrogens is 1. The fourth-order valence-corrected chi connectivity index (χ4v) is 2.65. The Bertz CT molecular complexity index is 531. The largest absolute Gasteiger partial charge is 0.481 e. The van der Waals surface area contributed by atoms with E-state index in [1.807, 2.05) is 34.6 Å². The summed E-state index contributed by atoms with van der Waals surface area (Å²) >= 11 is 0. The minimum absolute atomic E-state index is 0.0157. The first-order valence-electron chi connectivity index (χ1n) is 7.52. The average molecular weight is 310 g/mol. The molecule has 1 aromatic rings. The predicted octanol–water partition coefficient (Wildman–Crippen LogP) is 2.79. The third-order valence-corrected chi connectivity index (χ3v) is 4.29. The van der Waals surface area contributed by atoms with Crippen LogP contribution in [0.3, 0.4) is 0 Å². The molecule has 0 aliphatic heterocycles. The van der Waals surface area contributed by atoms with Gasteiger partial charge in [-0.25, -0.2) is 0 Å². The molecule has 1 amide bonds. The van der Waals surface area contributed by atoms with Crippen LogP contribution >= 0.6 is 0 Å². The van der Waals surface area contributed by atoms with Crippen molar-refractivity contribution >= 4 is 11.9 Å². The third kappa shape index (κ3) is 4.32. The molecule has 0 radical (unpaired) electrons. The SMILES string of the molecule is Cc1noc(C)c1C(C)CC(=O)NC(C)(CC(=O)O)C(C)C. The lowest BCUT2D eigenvalue weighted by Gasteiger charge is -2.34. The quantitative estimate of drug-likeness (QED) is 0.808. The number of hydrogen-bond acceptors (Lipinski definition) is 4. The van der Waals surface area contributed by atoms with Crippen molar-refractivity contribution in [2.45, 2.75) is 65.8 Å². The molecule has 1 heterocycles. The van der Waals surface area contributed by atoms with Crippen LogP contribution in [0.4, 0.5) is 0 Å². The number of aliphatic carboxylic acids is 1. The smallest absolute Gasteiger partial charge is 0.305 e. The zero-order valence-electron chi connectivity index (χ0n) is 14.2. The molecule has 0 saturated carbocycles. The van der Waals surface area contributed by atoms with Crippen LogP contribution in [0.2, 0.25) is 0 Å². The van der Waals surface area contributed by atoms with Gasteiger partial charge in [0.15, 0.2) is 0 Å². The molecule has 0 bridgehead atoms. The molecule has 6 heteroatoms. The topological polar surface area (TPSA) is 92.4 Å². The number of carboxylic acids is 1. The fraction of sp³-hybridized carbons (Fsp3) is 0.688. The second-order valence-corrected chi connectivity index (χ2v) is 6.53. The molecule has 0 spiro atoms. The van der Waals surface area contributed by atoms with Gasteiger partial charge < -0.3 is 14.9 Å². The van der Waals surface area contributed by atoms with Gasteiger partial charge in [0.05, 0.1) is 12.1 Å². The highest BCUT2D eigenvalue weighted by Gasteiger charge is 2.33. The zero-order valence-corrected chi connectivity index (χ0v) is 14.2. The lowest BCUT2D eigenvalue weighted by Crippen LogP contribution is -2.51. The minimum atomic E-state index is -0.921. The van der Waals surface area contributed by atoms with Crippen molar-refractivity contribution in [3.05, 3.63) is 17.0 Å². The fourth-order valence-electron chi connectivity index (χ4n) is 2.65. The molecule has 0 saturated heterocycles. The maximum absolute atomic E-state index is 12.3. The number of hydrogen-bond donors (Lipinski definition) is 2. The molecule has 1 aromatic heterocycles. The first-order valence-corrected chi connectivity index (χ1v) is 7.52. The van der Waals surface area contributed by atoms with Gasteiger partial charge in [-0.1, -0.05) is 25.9 Å². The molecule has 0 aliphatic carbocycles. The second-order valence-electron chi connectivity index (χ2n) is 6.53. The molecule has 2 atom stereocenters. The molecule has 2 N–H and O–H groups in total. The van der Waals surface area contributed by atoms with E-state index >= 15 is 0 Å². The maximum Gasteiger partial charge on any atom is 0.305 e. The number of nitrogens with zero attached hydrogens (tertiary/aromatic N) is 1. The van der Waals surface area contributed by atoms with Crippen molar-refractivity contribution in [2.24, 2.45) is 5.92 Å². The van der Waals surface area contributed by atoms with Crippen LogP contribution in [0, 0.1) is 19.8 Å². The minimum Gasteiger partial charge on any atom is -0.481 e. The van der Waals surface area contributed by atoms with Gasteiger partial charge in [-0.15, -0.1) is 0 Å². The van der Waals surface area contributed by atoms with Crippen molar-refractivity contribution < 1.29 is 19.2 Å². The van der Waals surface area contributed by atoms with Gasteiger partial charge in [0.1, 0.15) is 5.76 Å². The van der Waals surface area contributed by atoms with Gasteiger partial charge in [0.2, 0.25) is 5.91 Å². The number of aryl methyl sites for hydroxylation is 2. The van der Waals surface area contributed by atoms with E-state index in [4.69, 9.17) is 9.63 Å². The van der Waals surface area contributed by atoms with Crippen LogP contribution in [-0.4, -0.2) is 27.7 Å². The Kier molecular flexibility index (Phi) is 5.74. The first-order chi connectivity index (χ1) is 10.1. The van der Waals surface area contributed by atoms with Crippen LogP contribution in [-0.2, 0) is 9.59 Å². The number of amides is 1. The molecule has 6 nitrogen and oxygen atoms in total. The summed E-state index contributed by atoms with van der Waals surface area (Å²) in [7, 11) is 0. The Balaban J connectivity index is 2.78. The Morgan fingerprint density at radius 2 is 1.91 bits per heavy atom. The van der Waals surface area contributed by atoms with Gasteiger partial charge in [-0.3, -0.25) is 9.59 Å². The Labute approximate surface area is 131 Å². The van der Waals surface area contributed by atoms with E-state index in [0.29, 0.717) is 0 Å². The van der Waals surface area contributed by atoms with Crippen LogP contribution in [0.5, 0.6) is 0 Å². The molecular weight excluding hydrogens is 284 g/mol. The number of rotatable bonds is 7. The number of carbonyl (C=O) groups is 2. The van der Waals surface area contributed by atoms with Gasteiger partial charge in [-0.2, -0.15) is 0 Å². The number of nitrogens with one attached hydrogen (secondary N) is 1. The van der Waals surface area contributed by atoms with E-state index < -0.39 is 11.5 Å². The lowest BCUT2D eigenvalue weighted by atomic mass is 9.84. The first kappa shape index (κ1) is 18.2. The molecule has 2 unspecified atom stereocenters. The van der Waals surface area contributed by atoms with Crippen LogP contribution < -0.4 is 5.32 Å².